The molecule has 6 heteroatoms. The van der Waals surface area contributed by atoms with Crippen LogP contribution in [0.5, 0.6) is 0 Å². The summed E-state index contributed by atoms with van der Waals surface area (Å²) in [7, 11) is 0. The molecule has 1 atom stereocenters. The van der Waals surface area contributed by atoms with Crippen LogP contribution in [-0.4, -0.2) is 40.6 Å². The Hall–Kier alpha value is -1.43. The van der Waals surface area contributed by atoms with Gasteiger partial charge < -0.3 is 9.84 Å². The molecule has 1 amide bonds. The van der Waals surface area contributed by atoms with E-state index < -0.39 is 0 Å². The normalized spacial score (nSPS) is 21.3. The van der Waals surface area contributed by atoms with Gasteiger partial charge in [0.15, 0.2) is 5.82 Å². The van der Waals surface area contributed by atoms with Gasteiger partial charge in [-0.05, 0) is 52.1 Å². The molecule has 3 rings (SSSR count). The number of hydrogen-bond acceptors (Lipinski definition) is 5. The van der Waals surface area contributed by atoms with Gasteiger partial charge in [-0.25, -0.2) is 0 Å². The van der Waals surface area contributed by atoms with Crippen molar-refractivity contribution < 1.29 is 9.32 Å². The van der Waals surface area contributed by atoms with Crippen molar-refractivity contribution in [2.24, 2.45) is 5.92 Å². The maximum Gasteiger partial charge on any atom is 0.243 e. The summed E-state index contributed by atoms with van der Waals surface area (Å²) in [5, 5.41) is 7.16. The number of rotatable bonds is 7. The van der Waals surface area contributed by atoms with E-state index in [1.807, 2.05) is 0 Å². The fraction of sp³-hybridized carbons (Fsp3) is 0.824. The molecule has 0 spiro atoms. The maximum atomic E-state index is 12.1. The van der Waals surface area contributed by atoms with E-state index in [2.05, 4.69) is 34.2 Å². The predicted octanol–water partition coefficient (Wildman–Crippen LogP) is 2.64. The molecule has 1 aliphatic carbocycles. The van der Waals surface area contributed by atoms with Gasteiger partial charge in [0.1, 0.15) is 0 Å². The lowest BCUT2D eigenvalue weighted by Crippen LogP contribution is -2.41. The third-order valence-electron chi connectivity index (χ3n) is 5.03. The fourth-order valence-corrected chi connectivity index (χ4v) is 3.16. The van der Waals surface area contributed by atoms with Gasteiger partial charge in [-0.2, -0.15) is 4.98 Å². The molecule has 1 N–H and O–H groups in total. The van der Waals surface area contributed by atoms with Crippen LogP contribution in [0.3, 0.4) is 0 Å². The number of amides is 1. The van der Waals surface area contributed by atoms with Crippen LogP contribution in [0.15, 0.2) is 4.52 Å². The summed E-state index contributed by atoms with van der Waals surface area (Å²) in [6.45, 7) is 6.88. The highest BCUT2D eigenvalue weighted by molar-refractivity contribution is 5.78. The molecule has 0 aromatic carbocycles. The van der Waals surface area contributed by atoms with Gasteiger partial charge in [0.05, 0.1) is 6.04 Å². The Labute approximate surface area is 138 Å². The van der Waals surface area contributed by atoms with Crippen LogP contribution < -0.4 is 5.32 Å². The Balaban J connectivity index is 1.46. The van der Waals surface area contributed by atoms with Crippen molar-refractivity contribution in [3.63, 3.8) is 0 Å². The number of carbonyl (C=O) groups excluding carboxylic acids is 1. The molecule has 1 aromatic heterocycles. The third-order valence-corrected chi connectivity index (χ3v) is 5.03. The molecule has 1 aliphatic heterocycles. The molecule has 6 nitrogen and oxygen atoms in total. The Kier molecular flexibility index (Phi) is 5.30. The summed E-state index contributed by atoms with van der Waals surface area (Å²) in [6, 6.07) is 0.138. The number of unbranched alkanes of at least 4 members (excludes halogenated alkanes) is 1. The first-order chi connectivity index (χ1) is 11.2. The standard InChI is InChI=1S/C17H28N4O2/c1-3-4-9-18-16(22)14-7-10-21(11-8-14)12(2)17-19-15(20-23-17)13-5-6-13/h12-14H,3-11H2,1-2H3,(H,18,22). The van der Waals surface area contributed by atoms with Crippen LogP contribution in [0.2, 0.25) is 0 Å². The fourth-order valence-electron chi connectivity index (χ4n) is 3.16. The summed E-state index contributed by atoms with van der Waals surface area (Å²) in [6.07, 6.45) is 6.36. The first-order valence-electron chi connectivity index (χ1n) is 9.04. The molecule has 2 fully saturated rings. The lowest BCUT2D eigenvalue weighted by Gasteiger charge is -2.33. The molecular weight excluding hydrogens is 292 g/mol. The van der Waals surface area contributed by atoms with Gasteiger partial charge in [0, 0.05) is 18.4 Å². The average molecular weight is 320 g/mol. The van der Waals surface area contributed by atoms with Gasteiger partial charge in [0.2, 0.25) is 11.8 Å². The molecule has 1 unspecified atom stereocenters. The highest BCUT2D eigenvalue weighted by Gasteiger charge is 2.32. The van der Waals surface area contributed by atoms with Crippen LogP contribution in [0.25, 0.3) is 0 Å². The number of nitrogens with zero attached hydrogens (tertiary/aromatic N) is 3. The van der Waals surface area contributed by atoms with E-state index in [-0.39, 0.29) is 17.9 Å². The molecular formula is C17H28N4O2. The monoisotopic (exact) mass is 320 g/mol. The molecule has 2 heterocycles. The minimum Gasteiger partial charge on any atom is -0.356 e. The second kappa shape index (κ2) is 7.43. The minimum atomic E-state index is 0.138. The van der Waals surface area contributed by atoms with Crippen molar-refractivity contribution in [2.75, 3.05) is 19.6 Å². The molecule has 1 aromatic rings. The van der Waals surface area contributed by atoms with Crippen LogP contribution in [0.4, 0.5) is 0 Å². The first kappa shape index (κ1) is 16.4. The smallest absolute Gasteiger partial charge is 0.243 e. The predicted molar refractivity (Wildman–Crippen MR) is 86.9 cm³/mol. The topological polar surface area (TPSA) is 71.3 Å². The largest absolute Gasteiger partial charge is 0.356 e. The minimum absolute atomic E-state index is 0.138. The summed E-state index contributed by atoms with van der Waals surface area (Å²) < 4.78 is 5.44. The molecule has 0 radical (unpaired) electrons. The van der Waals surface area contributed by atoms with E-state index in [0.29, 0.717) is 5.92 Å². The van der Waals surface area contributed by atoms with E-state index in [9.17, 15) is 4.79 Å². The molecule has 1 saturated heterocycles. The highest BCUT2D eigenvalue weighted by Crippen LogP contribution is 2.38. The Morgan fingerprint density at radius 3 is 2.74 bits per heavy atom. The zero-order valence-corrected chi connectivity index (χ0v) is 14.3. The van der Waals surface area contributed by atoms with E-state index in [1.54, 1.807) is 0 Å². The second-order valence-electron chi connectivity index (χ2n) is 6.90. The number of hydrogen-bond donors (Lipinski definition) is 1. The number of piperidine rings is 1. The SMILES string of the molecule is CCCCNC(=O)C1CCN(C(C)c2nc(C3CC3)no2)CC1. The van der Waals surface area contributed by atoms with Crippen molar-refractivity contribution in [2.45, 2.75) is 64.3 Å². The lowest BCUT2D eigenvalue weighted by molar-refractivity contribution is -0.126. The van der Waals surface area contributed by atoms with Crippen LogP contribution >= 0.6 is 0 Å². The van der Waals surface area contributed by atoms with Crippen molar-refractivity contribution in [3.8, 4) is 0 Å². The molecule has 23 heavy (non-hydrogen) atoms. The summed E-state index contributed by atoms with van der Waals surface area (Å²) in [5.41, 5.74) is 0. The van der Waals surface area contributed by atoms with Crippen molar-refractivity contribution >= 4 is 5.91 Å². The highest BCUT2D eigenvalue weighted by atomic mass is 16.5. The average Bonchev–Trinajstić information content (AvgIpc) is 3.32. The van der Waals surface area contributed by atoms with Crippen LogP contribution in [0, 0.1) is 5.92 Å². The Morgan fingerprint density at radius 2 is 2.09 bits per heavy atom. The number of carbonyl (C=O) groups is 1. The Morgan fingerprint density at radius 1 is 1.35 bits per heavy atom. The van der Waals surface area contributed by atoms with Gasteiger partial charge in [0.25, 0.3) is 0 Å². The van der Waals surface area contributed by atoms with Gasteiger partial charge in [-0.15, -0.1) is 0 Å². The molecule has 0 bridgehead atoms. The van der Waals surface area contributed by atoms with E-state index >= 15 is 0 Å². The maximum absolute atomic E-state index is 12.1. The summed E-state index contributed by atoms with van der Waals surface area (Å²) in [4.78, 5) is 19.0. The Bertz CT molecular complexity index is 518. The zero-order valence-electron chi connectivity index (χ0n) is 14.3. The van der Waals surface area contributed by atoms with Crippen LogP contribution in [0.1, 0.15) is 76.0 Å². The van der Waals surface area contributed by atoms with Crippen molar-refractivity contribution in [1.29, 1.82) is 0 Å². The zero-order chi connectivity index (χ0) is 16.2. The molecule has 2 aliphatic rings. The molecule has 128 valence electrons. The number of likely N-dealkylation sites (tertiary alicyclic amines) is 1. The van der Waals surface area contributed by atoms with Crippen molar-refractivity contribution in [3.05, 3.63) is 11.7 Å². The van der Waals surface area contributed by atoms with Gasteiger partial charge in [-0.3, -0.25) is 9.69 Å². The van der Waals surface area contributed by atoms with E-state index in [0.717, 1.165) is 57.0 Å². The third kappa shape index (κ3) is 4.10. The van der Waals surface area contributed by atoms with Crippen LogP contribution in [-0.2, 0) is 4.79 Å². The van der Waals surface area contributed by atoms with E-state index in [1.165, 1.54) is 12.8 Å². The number of nitrogens with one attached hydrogen (secondary N) is 1. The van der Waals surface area contributed by atoms with E-state index in [4.69, 9.17) is 4.52 Å². The quantitative estimate of drug-likeness (QED) is 0.782. The number of aromatic nitrogens is 2. The molecule has 1 saturated carbocycles. The first-order valence-corrected chi connectivity index (χ1v) is 9.04. The summed E-state index contributed by atoms with van der Waals surface area (Å²) in [5.74, 6) is 2.49. The summed E-state index contributed by atoms with van der Waals surface area (Å²) >= 11 is 0. The van der Waals surface area contributed by atoms with Crippen molar-refractivity contribution in [1.82, 2.24) is 20.4 Å². The van der Waals surface area contributed by atoms with Gasteiger partial charge in [-0.1, -0.05) is 18.5 Å². The lowest BCUT2D eigenvalue weighted by atomic mass is 9.95. The second-order valence-corrected chi connectivity index (χ2v) is 6.90. The van der Waals surface area contributed by atoms with Gasteiger partial charge >= 0.3 is 0 Å².